The Bertz CT molecular complexity index is 657. The number of morpholine rings is 1. The number of hydrogen-bond acceptors (Lipinski definition) is 5. The number of rotatable bonds is 2. The van der Waals surface area contributed by atoms with E-state index in [1.165, 1.54) is 12.1 Å². The molecule has 2 atom stereocenters. The van der Waals surface area contributed by atoms with Crippen molar-refractivity contribution >= 4 is 0 Å². The average Bonchev–Trinajstić information content (AvgIpc) is 2.97. The van der Waals surface area contributed by atoms with Crippen LogP contribution in [0, 0.1) is 0 Å². The molecular weight excluding hydrogens is 299 g/mol. The van der Waals surface area contributed by atoms with Crippen molar-refractivity contribution in [1.82, 2.24) is 15.5 Å². The molecule has 0 unspecified atom stereocenters. The van der Waals surface area contributed by atoms with E-state index in [0.29, 0.717) is 19.0 Å². The fourth-order valence-electron chi connectivity index (χ4n) is 2.32. The van der Waals surface area contributed by atoms with Crippen LogP contribution in [0.25, 0.3) is 11.4 Å². The van der Waals surface area contributed by atoms with Gasteiger partial charge >= 0.3 is 6.18 Å². The van der Waals surface area contributed by atoms with Crippen LogP contribution < -0.4 is 5.32 Å². The molecule has 3 rings (SSSR count). The van der Waals surface area contributed by atoms with Crippen molar-refractivity contribution in [2.24, 2.45) is 0 Å². The molecule has 1 aromatic heterocycles. The quantitative estimate of drug-likeness (QED) is 0.924. The summed E-state index contributed by atoms with van der Waals surface area (Å²) in [6.45, 7) is 3.10. The van der Waals surface area contributed by atoms with Gasteiger partial charge in [-0.1, -0.05) is 17.3 Å². The van der Waals surface area contributed by atoms with Crippen LogP contribution in [-0.4, -0.2) is 29.4 Å². The summed E-state index contributed by atoms with van der Waals surface area (Å²) in [5, 5.41) is 6.95. The van der Waals surface area contributed by atoms with Crippen molar-refractivity contribution in [2.45, 2.75) is 25.2 Å². The Morgan fingerprint density at radius 1 is 1.32 bits per heavy atom. The lowest BCUT2D eigenvalue weighted by atomic mass is 10.1. The molecule has 2 aromatic rings. The summed E-state index contributed by atoms with van der Waals surface area (Å²) in [6, 6.07) is 4.57. The number of hydrogen-bond donors (Lipinski definition) is 1. The van der Waals surface area contributed by atoms with Crippen LogP contribution in [-0.2, 0) is 10.9 Å². The van der Waals surface area contributed by atoms with Crippen LogP contribution in [0.2, 0.25) is 0 Å². The van der Waals surface area contributed by atoms with E-state index in [2.05, 4.69) is 15.5 Å². The number of halogens is 3. The summed E-state index contributed by atoms with van der Waals surface area (Å²) in [7, 11) is 0. The second-order valence-electron chi connectivity index (χ2n) is 5.04. The molecule has 1 N–H and O–H groups in total. The lowest BCUT2D eigenvalue weighted by Gasteiger charge is -2.27. The Balaban J connectivity index is 1.87. The summed E-state index contributed by atoms with van der Waals surface area (Å²) in [4.78, 5) is 4.19. The highest BCUT2D eigenvalue weighted by molar-refractivity contribution is 5.55. The van der Waals surface area contributed by atoms with Crippen molar-refractivity contribution in [3.05, 3.63) is 35.7 Å². The molecule has 0 aliphatic carbocycles. The molecule has 22 heavy (non-hydrogen) atoms. The smallest absolute Gasteiger partial charge is 0.375 e. The van der Waals surface area contributed by atoms with Gasteiger partial charge in [0.05, 0.1) is 18.3 Å². The van der Waals surface area contributed by atoms with Gasteiger partial charge in [0.1, 0.15) is 6.04 Å². The van der Waals surface area contributed by atoms with Gasteiger partial charge in [0.25, 0.3) is 0 Å². The summed E-state index contributed by atoms with van der Waals surface area (Å²) >= 11 is 0. The zero-order valence-electron chi connectivity index (χ0n) is 11.7. The van der Waals surface area contributed by atoms with Gasteiger partial charge in [-0.3, -0.25) is 0 Å². The van der Waals surface area contributed by atoms with E-state index in [9.17, 15) is 13.2 Å². The molecule has 8 heteroatoms. The maximum atomic E-state index is 12.7. The van der Waals surface area contributed by atoms with Crippen LogP contribution in [0.5, 0.6) is 0 Å². The van der Waals surface area contributed by atoms with E-state index in [0.717, 1.165) is 12.1 Å². The molecule has 1 aliphatic rings. The number of ether oxygens (including phenoxy) is 1. The Morgan fingerprint density at radius 2 is 2.14 bits per heavy atom. The summed E-state index contributed by atoms with van der Waals surface area (Å²) in [6.07, 6.45) is -4.56. The fourth-order valence-corrected chi connectivity index (χ4v) is 2.32. The van der Waals surface area contributed by atoms with Crippen LogP contribution in [0.15, 0.2) is 28.8 Å². The molecular formula is C14H14F3N3O2. The molecule has 2 heterocycles. The van der Waals surface area contributed by atoms with E-state index in [4.69, 9.17) is 9.26 Å². The zero-order valence-corrected chi connectivity index (χ0v) is 11.7. The highest BCUT2D eigenvalue weighted by atomic mass is 19.4. The number of alkyl halides is 3. The van der Waals surface area contributed by atoms with Gasteiger partial charge < -0.3 is 14.6 Å². The van der Waals surface area contributed by atoms with Gasteiger partial charge in [-0.2, -0.15) is 18.2 Å². The maximum Gasteiger partial charge on any atom is 0.416 e. The molecule has 0 spiro atoms. The topological polar surface area (TPSA) is 60.2 Å². The minimum atomic E-state index is -4.41. The molecule has 5 nitrogen and oxygen atoms in total. The van der Waals surface area contributed by atoms with E-state index in [1.54, 1.807) is 0 Å². The third-order valence-electron chi connectivity index (χ3n) is 3.47. The molecule has 1 saturated heterocycles. The molecule has 0 saturated carbocycles. The highest BCUT2D eigenvalue weighted by Crippen LogP contribution is 2.32. The second-order valence-corrected chi connectivity index (χ2v) is 5.04. The summed E-state index contributed by atoms with van der Waals surface area (Å²) < 4.78 is 48.9. The molecule has 1 fully saturated rings. The first kappa shape index (κ1) is 15.0. The standard InChI is InChI=1S/C14H14F3N3O2/c1-8-11(18-5-6-21-8)13-19-12(20-22-13)9-3-2-4-10(7-9)14(15,16)17/h2-4,7-8,11,18H,5-6H2,1H3/t8-,11+/m1/s1. The lowest BCUT2D eigenvalue weighted by molar-refractivity contribution is -0.137. The highest BCUT2D eigenvalue weighted by Gasteiger charge is 2.31. The first-order valence-electron chi connectivity index (χ1n) is 6.81. The number of nitrogens with one attached hydrogen (secondary N) is 1. The normalized spacial score (nSPS) is 22.7. The lowest BCUT2D eigenvalue weighted by Crippen LogP contribution is -2.40. The van der Waals surface area contributed by atoms with Gasteiger partial charge in [-0.25, -0.2) is 0 Å². The van der Waals surface area contributed by atoms with Crippen LogP contribution in [0.1, 0.15) is 24.4 Å². The third-order valence-corrected chi connectivity index (χ3v) is 3.47. The van der Waals surface area contributed by atoms with Crippen LogP contribution in [0.4, 0.5) is 13.2 Å². The molecule has 0 amide bonds. The predicted molar refractivity (Wildman–Crippen MR) is 70.9 cm³/mol. The SMILES string of the molecule is C[C@H]1OCCN[C@@H]1c1nc(-c2cccc(C(F)(F)F)c2)no1. The van der Waals surface area contributed by atoms with E-state index in [-0.39, 0.29) is 23.5 Å². The number of nitrogens with zero attached hydrogens (tertiary/aromatic N) is 2. The van der Waals surface area contributed by atoms with Gasteiger partial charge in [0, 0.05) is 12.1 Å². The first-order valence-corrected chi connectivity index (χ1v) is 6.81. The zero-order chi connectivity index (χ0) is 15.7. The third kappa shape index (κ3) is 2.97. The number of aromatic nitrogens is 2. The minimum absolute atomic E-state index is 0.126. The molecule has 0 radical (unpaired) electrons. The van der Waals surface area contributed by atoms with E-state index in [1.807, 2.05) is 6.92 Å². The first-order chi connectivity index (χ1) is 10.4. The monoisotopic (exact) mass is 313 g/mol. The predicted octanol–water partition coefficient (Wildman–Crippen LogP) is 2.80. The molecule has 118 valence electrons. The largest absolute Gasteiger partial charge is 0.416 e. The van der Waals surface area contributed by atoms with E-state index < -0.39 is 11.7 Å². The van der Waals surface area contributed by atoms with Crippen molar-refractivity contribution in [1.29, 1.82) is 0 Å². The van der Waals surface area contributed by atoms with Crippen molar-refractivity contribution in [2.75, 3.05) is 13.2 Å². The summed E-state index contributed by atoms with van der Waals surface area (Å²) in [5.41, 5.74) is -0.488. The average molecular weight is 313 g/mol. The van der Waals surface area contributed by atoms with Crippen molar-refractivity contribution in [3.8, 4) is 11.4 Å². The molecule has 1 aliphatic heterocycles. The van der Waals surface area contributed by atoms with Gasteiger partial charge in [-0.15, -0.1) is 0 Å². The molecule has 0 bridgehead atoms. The fraction of sp³-hybridized carbons (Fsp3) is 0.429. The Hall–Kier alpha value is -1.93. The Labute approximate surface area is 124 Å². The molecule has 1 aromatic carbocycles. The van der Waals surface area contributed by atoms with Gasteiger partial charge in [-0.05, 0) is 19.1 Å². The van der Waals surface area contributed by atoms with Crippen molar-refractivity contribution < 1.29 is 22.4 Å². The Kier molecular flexibility index (Phi) is 3.88. The number of benzene rings is 1. The maximum absolute atomic E-state index is 12.7. The van der Waals surface area contributed by atoms with E-state index >= 15 is 0 Å². The van der Waals surface area contributed by atoms with Gasteiger partial charge in [0.2, 0.25) is 11.7 Å². The minimum Gasteiger partial charge on any atom is -0.375 e. The second kappa shape index (κ2) is 5.69. The van der Waals surface area contributed by atoms with Crippen LogP contribution in [0.3, 0.4) is 0 Å². The Morgan fingerprint density at radius 3 is 2.86 bits per heavy atom. The summed E-state index contributed by atoms with van der Waals surface area (Å²) in [5.74, 6) is 0.431. The van der Waals surface area contributed by atoms with Gasteiger partial charge in [0.15, 0.2) is 0 Å². The van der Waals surface area contributed by atoms with Crippen molar-refractivity contribution in [3.63, 3.8) is 0 Å². The van der Waals surface area contributed by atoms with Crippen LogP contribution >= 0.6 is 0 Å².